The highest BCUT2D eigenvalue weighted by Gasteiger charge is 2.38. The minimum Gasteiger partial charge on any atom is -0.389 e. The maximum atomic E-state index is 10.1. The largest absolute Gasteiger partial charge is 0.389 e. The molecule has 3 aliphatic rings. The van der Waals surface area contributed by atoms with Crippen molar-refractivity contribution < 1.29 is 9.84 Å². The van der Waals surface area contributed by atoms with Crippen LogP contribution in [0.3, 0.4) is 0 Å². The predicted molar refractivity (Wildman–Crippen MR) is 88.9 cm³/mol. The van der Waals surface area contributed by atoms with E-state index in [0.29, 0.717) is 6.61 Å². The number of rotatable bonds is 8. The van der Waals surface area contributed by atoms with Crippen molar-refractivity contribution in [2.45, 2.75) is 45.1 Å². The van der Waals surface area contributed by atoms with Crippen LogP contribution in [0.15, 0.2) is 0 Å². The SMILES string of the molecule is CCN1CCN(C[C@@H](O)COCC[C@@H]2C[C@H]3CC[C@H]2C3)CC1. The lowest BCUT2D eigenvalue weighted by Crippen LogP contribution is -2.48. The highest BCUT2D eigenvalue weighted by Crippen LogP contribution is 2.49. The molecule has 2 aliphatic carbocycles. The van der Waals surface area contributed by atoms with E-state index in [1.165, 1.54) is 32.1 Å². The van der Waals surface area contributed by atoms with Crippen molar-refractivity contribution in [2.24, 2.45) is 17.8 Å². The number of hydrogen-bond donors (Lipinski definition) is 1. The summed E-state index contributed by atoms with van der Waals surface area (Å²) in [7, 11) is 0. The van der Waals surface area contributed by atoms with Gasteiger partial charge in [-0.2, -0.15) is 0 Å². The normalized spacial score (nSPS) is 34.4. The van der Waals surface area contributed by atoms with E-state index in [1.54, 1.807) is 0 Å². The molecule has 0 spiro atoms. The van der Waals surface area contributed by atoms with E-state index < -0.39 is 0 Å². The van der Waals surface area contributed by atoms with E-state index in [2.05, 4.69) is 16.7 Å². The second-order valence-electron chi connectivity index (χ2n) is 7.69. The van der Waals surface area contributed by atoms with Gasteiger partial charge in [0.2, 0.25) is 0 Å². The van der Waals surface area contributed by atoms with Crippen molar-refractivity contribution in [2.75, 3.05) is 52.5 Å². The molecule has 0 amide bonds. The first-order chi connectivity index (χ1) is 10.7. The number of fused-ring (bicyclic) bond motifs is 2. The minimum atomic E-state index is -0.326. The van der Waals surface area contributed by atoms with Gasteiger partial charge in [0.15, 0.2) is 0 Å². The second kappa shape index (κ2) is 8.09. The number of aliphatic hydroxyl groups excluding tert-OH is 1. The Balaban J connectivity index is 1.23. The van der Waals surface area contributed by atoms with Crippen LogP contribution in [-0.2, 0) is 4.74 Å². The number of aliphatic hydroxyl groups is 1. The van der Waals surface area contributed by atoms with Crippen LogP contribution in [0.5, 0.6) is 0 Å². The third kappa shape index (κ3) is 4.44. The van der Waals surface area contributed by atoms with E-state index in [0.717, 1.165) is 63.6 Å². The Labute approximate surface area is 135 Å². The molecular formula is C18H34N2O2. The van der Waals surface area contributed by atoms with Crippen LogP contribution >= 0.6 is 0 Å². The molecule has 4 nitrogen and oxygen atoms in total. The van der Waals surface area contributed by atoms with Crippen LogP contribution in [0, 0.1) is 17.8 Å². The van der Waals surface area contributed by atoms with Crippen molar-refractivity contribution in [3.05, 3.63) is 0 Å². The van der Waals surface area contributed by atoms with E-state index in [1.807, 2.05) is 0 Å². The van der Waals surface area contributed by atoms with E-state index in [9.17, 15) is 5.11 Å². The van der Waals surface area contributed by atoms with Crippen molar-refractivity contribution in [3.63, 3.8) is 0 Å². The molecule has 2 saturated carbocycles. The topological polar surface area (TPSA) is 35.9 Å². The number of nitrogens with zero attached hydrogens (tertiary/aromatic N) is 2. The number of hydrogen-bond acceptors (Lipinski definition) is 4. The number of piperazine rings is 1. The summed E-state index contributed by atoms with van der Waals surface area (Å²) in [6.07, 6.45) is 6.75. The van der Waals surface area contributed by atoms with Gasteiger partial charge in [0.05, 0.1) is 12.7 Å². The molecule has 3 fully saturated rings. The first kappa shape index (κ1) is 16.7. The van der Waals surface area contributed by atoms with Gasteiger partial charge in [0.25, 0.3) is 0 Å². The van der Waals surface area contributed by atoms with E-state index in [4.69, 9.17) is 4.74 Å². The summed E-state index contributed by atoms with van der Waals surface area (Å²) in [4.78, 5) is 4.84. The van der Waals surface area contributed by atoms with Gasteiger partial charge in [-0.1, -0.05) is 13.3 Å². The molecule has 3 rings (SSSR count). The molecule has 1 heterocycles. The predicted octanol–water partition coefficient (Wildman–Crippen LogP) is 1.83. The fourth-order valence-electron chi connectivity index (χ4n) is 4.82. The summed E-state index contributed by atoms with van der Waals surface area (Å²) < 4.78 is 5.76. The lowest BCUT2D eigenvalue weighted by Gasteiger charge is -2.34. The van der Waals surface area contributed by atoms with Gasteiger partial charge in [0.1, 0.15) is 0 Å². The molecule has 0 aromatic carbocycles. The summed E-state index contributed by atoms with van der Waals surface area (Å²) in [5.41, 5.74) is 0. The van der Waals surface area contributed by atoms with Gasteiger partial charge in [0, 0.05) is 39.3 Å². The highest BCUT2D eigenvalue weighted by atomic mass is 16.5. The zero-order chi connectivity index (χ0) is 15.4. The molecule has 0 unspecified atom stereocenters. The summed E-state index contributed by atoms with van der Waals surface area (Å²) in [5.74, 6) is 2.94. The lowest BCUT2D eigenvalue weighted by molar-refractivity contribution is 0.00276. The molecule has 0 aromatic heterocycles. The van der Waals surface area contributed by atoms with Gasteiger partial charge < -0.3 is 14.7 Å². The first-order valence-electron chi connectivity index (χ1n) is 9.45. The van der Waals surface area contributed by atoms with Crippen molar-refractivity contribution in [3.8, 4) is 0 Å². The summed E-state index contributed by atoms with van der Waals surface area (Å²) >= 11 is 0. The van der Waals surface area contributed by atoms with Gasteiger partial charge in [-0.05, 0) is 50.0 Å². The van der Waals surface area contributed by atoms with Crippen LogP contribution in [-0.4, -0.2) is 73.5 Å². The van der Waals surface area contributed by atoms with Crippen molar-refractivity contribution in [1.29, 1.82) is 0 Å². The maximum absolute atomic E-state index is 10.1. The van der Waals surface area contributed by atoms with Gasteiger partial charge >= 0.3 is 0 Å². The van der Waals surface area contributed by atoms with Gasteiger partial charge in [-0.25, -0.2) is 0 Å². The average Bonchev–Trinajstić information content (AvgIpc) is 3.15. The Bertz CT molecular complexity index is 331. The number of β-amino-alcohol motifs (C(OH)–C–C–N with tert-alkyl or cyclic N) is 1. The fraction of sp³-hybridized carbons (Fsp3) is 1.00. The molecule has 0 aromatic rings. The Morgan fingerprint density at radius 3 is 2.50 bits per heavy atom. The fourth-order valence-corrected chi connectivity index (χ4v) is 4.82. The van der Waals surface area contributed by atoms with Crippen molar-refractivity contribution in [1.82, 2.24) is 9.80 Å². The lowest BCUT2D eigenvalue weighted by atomic mass is 9.87. The number of likely N-dealkylation sites (N-methyl/N-ethyl adjacent to an activating group) is 1. The third-order valence-electron chi connectivity index (χ3n) is 6.21. The molecule has 1 N–H and O–H groups in total. The zero-order valence-corrected chi connectivity index (χ0v) is 14.3. The van der Waals surface area contributed by atoms with Crippen molar-refractivity contribution >= 4 is 0 Å². The minimum absolute atomic E-state index is 0.326. The third-order valence-corrected chi connectivity index (χ3v) is 6.21. The molecular weight excluding hydrogens is 276 g/mol. The smallest absolute Gasteiger partial charge is 0.0900 e. The van der Waals surface area contributed by atoms with Crippen LogP contribution < -0.4 is 0 Å². The Morgan fingerprint density at radius 2 is 1.86 bits per heavy atom. The first-order valence-corrected chi connectivity index (χ1v) is 9.45. The maximum Gasteiger partial charge on any atom is 0.0900 e. The molecule has 4 atom stereocenters. The average molecular weight is 310 g/mol. The molecule has 4 heteroatoms. The molecule has 128 valence electrons. The van der Waals surface area contributed by atoms with E-state index >= 15 is 0 Å². The molecule has 22 heavy (non-hydrogen) atoms. The monoisotopic (exact) mass is 310 g/mol. The second-order valence-corrected chi connectivity index (χ2v) is 7.69. The van der Waals surface area contributed by atoms with E-state index in [-0.39, 0.29) is 6.10 Å². The Morgan fingerprint density at radius 1 is 1.09 bits per heavy atom. The molecule has 1 aliphatic heterocycles. The van der Waals surface area contributed by atoms with Crippen LogP contribution in [0.25, 0.3) is 0 Å². The Kier molecular flexibility index (Phi) is 6.14. The van der Waals surface area contributed by atoms with Crippen LogP contribution in [0.2, 0.25) is 0 Å². The standard InChI is InChI=1S/C18H34N2O2/c1-2-19-6-8-20(9-7-19)13-18(21)14-22-10-5-17-12-15-3-4-16(17)11-15/h15-18,21H,2-14H2,1H3/t15-,16-,17+,18+/m0/s1. The summed E-state index contributed by atoms with van der Waals surface area (Å²) in [5, 5.41) is 10.1. The molecule has 1 saturated heterocycles. The highest BCUT2D eigenvalue weighted by molar-refractivity contribution is 4.89. The zero-order valence-electron chi connectivity index (χ0n) is 14.3. The summed E-state index contributed by atoms with van der Waals surface area (Å²) in [6, 6.07) is 0. The number of ether oxygens (including phenoxy) is 1. The van der Waals surface area contributed by atoms with Gasteiger partial charge in [-0.3, -0.25) is 4.90 Å². The Hall–Kier alpha value is -0.160. The summed E-state index contributed by atoms with van der Waals surface area (Å²) in [6.45, 7) is 9.90. The molecule has 0 radical (unpaired) electrons. The van der Waals surface area contributed by atoms with Crippen LogP contribution in [0.1, 0.15) is 39.0 Å². The molecule has 2 bridgehead atoms. The van der Waals surface area contributed by atoms with Crippen LogP contribution in [0.4, 0.5) is 0 Å². The quantitative estimate of drug-likeness (QED) is 0.694. The van der Waals surface area contributed by atoms with Gasteiger partial charge in [-0.15, -0.1) is 0 Å².